The van der Waals surface area contributed by atoms with E-state index in [1.165, 1.54) is 0 Å². The number of hydrogen-bond donors (Lipinski definition) is 3. The van der Waals surface area contributed by atoms with Crippen LogP contribution >= 0.6 is 0 Å². The van der Waals surface area contributed by atoms with Crippen LogP contribution in [0.25, 0.3) is 0 Å². The molecule has 0 aromatic heterocycles. The second-order valence-electron chi connectivity index (χ2n) is 4.55. The van der Waals surface area contributed by atoms with Gasteiger partial charge >= 0.3 is 12.0 Å². The van der Waals surface area contributed by atoms with Crippen molar-refractivity contribution >= 4 is 22.8 Å². The molecule has 6 nitrogen and oxygen atoms in total. The molecule has 0 rings (SSSR count). The lowest BCUT2D eigenvalue weighted by atomic mass is 10.0. The standard InChI is InChI=1S/C11H22N2O4S/c1-8(2)7-9(10(14)15)13-11(16)12-5-4-6-18(3)17/h8-9H,4-7H2,1-3H3,(H,14,15)(H2,12,13,16)/t9-,18?/m1/s1. The summed E-state index contributed by atoms with van der Waals surface area (Å²) in [4.78, 5) is 22.3. The van der Waals surface area contributed by atoms with Crippen LogP contribution in [0.5, 0.6) is 0 Å². The predicted molar refractivity (Wildman–Crippen MR) is 71.0 cm³/mol. The van der Waals surface area contributed by atoms with Crippen LogP contribution in [0, 0.1) is 5.92 Å². The second kappa shape index (κ2) is 8.91. The molecular weight excluding hydrogens is 256 g/mol. The SMILES string of the molecule is CC(C)C[C@@H](NC(=O)NCCCS(C)=O)C(=O)O. The minimum absolute atomic E-state index is 0.189. The maximum Gasteiger partial charge on any atom is 0.326 e. The molecule has 3 N–H and O–H groups in total. The molecule has 0 radical (unpaired) electrons. The molecule has 0 spiro atoms. The minimum atomic E-state index is -1.03. The van der Waals surface area contributed by atoms with Crippen molar-refractivity contribution in [3.05, 3.63) is 0 Å². The number of hydrogen-bond acceptors (Lipinski definition) is 3. The Morgan fingerprint density at radius 3 is 2.39 bits per heavy atom. The number of rotatable bonds is 8. The Hall–Kier alpha value is -1.11. The molecule has 0 aliphatic rings. The summed E-state index contributed by atoms with van der Waals surface area (Å²) in [6.07, 6.45) is 2.60. The Morgan fingerprint density at radius 1 is 1.33 bits per heavy atom. The van der Waals surface area contributed by atoms with Crippen molar-refractivity contribution < 1.29 is 18.9 Å². The van der Waals surface area contributed by atoms with Gasteiger partial charge in [0.15, 0.2) is 0 Å². The highest BCUT2D eigenvalue weighted by Crippen LogP contribution is 2.04. The molecule has 7 heteroatoms. The number of aliphatic carboxylic acids is 1. The predicted octanol–water partition coefficient (Wildman–Crippen LogP) is 0.554. The fourth-order valence-corrected chi connectivity index (χ4v) is 1.93. The van der Waals surface area contributed by atoms with E-state index in [1.54, 1.807) is 6.26 Å². The zero-order valence-electron chi connectivity index (χ0n) is 11.1. The molecule has 2 atom stereocenters. The average Bonchev–Trinajstić information content (AvgIpc) is 2.22. The number of carboxylic acid groups (broad SMARTS) is 1. The number of urea groups is 1. The van der Waals surface area contributed by atoms with E-state index in [0.717, 1.165) is 0 Å². The van der Waals surface area contributed by atoms with Crippen molar-refractivity contribution in [3.63, 3.8) is 0 Å². The third-order valence-electron chi connectivity index (χ3n) is 2.20. The summed E-state index contributed by atoms with van der Waals surface area (Å²) in [5.41, 5.74) is 0. The normalized spacial score (nSPS) is 14.0. The van der Waals surface area contributed by atoms with E-state index < -0.39 is 28.8 Å². The molecule has 0 bridgehead atoms. The summed E-state index contributed by atoms with van der Waals surface area (Å²) in [5.74, 6) is -0.323. The summed E-state index contributed by atoms with van der Waals surface area (Å²) >= 11 is 0. The van der Waals surface area contributed by atoms with E-state index in [1.807, 2.05) is 13.8 Å². The summed E-state index contributed by atoms with van der Waals surface area (Å²) in [7, 11) is -0.872. The van der Waals surface area contributed by atoms with Gasteiger partial charge < -0.3 is 15.7 Å². The van der Waals surface area contributed by atoms with Crippen LogP contribution in [0.1, 0.15) is 26.7 Å². The molecule has 2 amide bonds. The van der Waals surface area contributed by atoms with Gasteiger partial charge in [0.05, 0.1) is 0 Å². The third-order valence-corrected chi connectivity index (χ3v) is 3.07. The first kappa shape index (κ1) is 16.9. The fourth-order valence-electron chi connectivity index (χ4n) is 1.38. The molecule has 0 heterocycles. The lowest BCUT2D eigenvalue weighted by molar-refractivity contribution is -0.139. The molecule has 0 saturated carbocycles. The molecule has 0 aromatic rings. The first-order chi connectivity index (χ1) is 8.32. The van der Waals surface area contributed by atoms with Gasteiger partial charge in [0.2, 0.25) is 0 Å². The van der Waals surface area contributed by atoms with Gasteiger partial charge in [-0.2, -0.15) is 0 Å². The van der Waals surface area contributed by atoms with Gasteiger partial charge in [-0.05, 0) is 18.8 Å². The molecule has 0 fully saturated rings. The van der Waals surface area contributed by atoms with Crippen molar-refractivity contribution in [2.45, 2.75) is 32.7 Å². The van der Waals surface area contributed by atoms with Crippen molar-refractivity contribution in [1.29, 1.82) is 0 Å². The van der Waals surface area contributed by atoms with Crippen LogP contribution in [0.2, 0.25) is 0 Å². The topological polar surface area (TPSA) is 95.5 Å². The highest BCUT2D eigenvalue weighted by molar-refractivity contribution is 7.84. The van der Waals surface area contributed by atoms with Gasteiger partial charge in [0.25, 0.3) is 0 Å². The quantitative estimate of drug-likeness (QED) is 0.565. The Balaban J connectivity index is 3.95. The number of carboxylic acids is 1. The van der Waals surface area contributed by atoms with Crippen LogP contribution < -0.4 is 10.6 Å². The second-order valence-corrected chi connectivity index (χ2v) is 6.11. The van der Waals surface area contributed by atoms with Gasteiger partial charge in [-0.3, -0.25) is 4.21 Å². The Labute approximate surface area is 110 Å². The van der Waals surface area contributed by atoms with Gasteiger partial charge in [-0.1, -0.05) is 13.8 Å². The van der Waals surface area contributed by atoms with Crippen LogP contribution in [0.15, 0.2) is 0 Å². The van der Waals surface area contributed by atoms with Gasteiger partial charge in [0.1, 0.15) is 6.04 Å². The Morgan fingerprint density at radius 2 is 1.94 bits per heavy atom. The Bertz CT molecular complexity index is 307. The smallest absolute Gasteiger partial charge is 0.326 e. The van der Waals surface area contributed by atoms with E-state index in [0.29, 0.717) is 25.1 Å². The van der Waals surface area contributed by atoms with E-state index in [-0.39, 0.29) is 5.92 Å². The van der Waals surface area contributed by atoms with Crippen LogP contribution in [-0.2, 0) is 15.6 Å². The van der Waals surface area contributed by atoms with Crippen LogP contribution in [0.4, 0.5) is 4.79 Å². The number of carbonyl (C=O) groups is 2. The van der Waals surface area contributed by atoms with E-state index in [9.17, 15) is 13.8 Å². The zero-order valence-corrected chi connectivity index (χ0v) is 11.9. The monoisotopic (exact) mass is 278 g/mol. The molecule has 0 aliphatic carbocycles. The van der Waals surface area contributed by atoms with E-state index >= 15 is 0 Å². The Kier molecular flexibility index (Phi) is 8.36. The number of amides is 2. The fraction of sp³-hybridized carbons (Fsp3) is 0.818. The zero-order chi connectivity index (χ0) is 14.1. The maximum atomic E-state index is 11.4. The van der Waals surface area contributed by atoms with Crippen molar-refractivity contribution in [2.75, 3.05) is 18.6 Å². The number of nitrogens with one attached hydrogen (secondary N) is 2. The highest BCUT2D eigenvalue weighted by Gasteiger charge is 2.20. The maximum absolute atomic E-state index is 11.4. The molecular formula is C11H22N2O4S. The first-order valence-corrected chi connectivity index (χ1v) is 7.62. The lowest BCUT2D eigenvalue weighted by Gasteiger charge is -2.16. The summed E-state index contributed by atoms with van der Waals surface area (Å²) < 4.78 is 10.8. The lowest BCUT2D eigenvalue weighted by Crippen LogP contribution is -2.46. The third kappa shape index (κ3) is 8.98. The average molecular weight is 278 g/mol. The van der Waals surface area contributed by atoms with Crippen molar-refractivity contribution in [1.82, 2.24) is 10.6 Å². The summed E-state index contributed by atoms with van der Waals surface area (Å²) in [5, 5.41) is 13.9. The van der Waals surface area contributed by atoms with Crippen LogP contribution in [0.3, 0.4) is 0 Å². The van der Waals surface area contributed by atoms with Crippen molar-refractivity contribution in [3.8, 4) is 0 Å². The van der Waals surface area contributed by atoms with Gasteiger partial charge in [-0.25, -0.2) is 9.59 Å². The summed E-state index contributed by atoms with van der Waals surface area (Å²) in [6, 6.07) is -1.37. The molecule has 106 valence electrons. The summed E-state index contributed by atoms with van der Waals surface area (Å²) in [6.45, 7) is 4.18. The molecule has 0 aromatic carbocycles. The molecule has 1 unspecified atom stereocenters. The van der Waals surface area contributed by atoms with Gasteiger partial charge in [0, 0.05) is 29.4 Å². The van der Waals surface area contributed by atoms with Crippen LogP contribution in [-0.4, -0.2) is 45.9 Å². The van der Waals surface area contributed by atoms with Crippen molar-refractivity contribution in [2.24, 2.45) is 5.92 Å². The highest BCUT2D eigenvalue weighted by atomic mass is 32.2. The molecule has 0 aliphatic heterocycles. The largest absolute Gasteiger partial charge is 0.480 e. The van der Waals surface area contributed by atoms with E-state index in [4.69, 9.17) is 5.11 Å². The first-order valence-electron chi connectivity index (χ1n) is 5.90. The molecule has 0 saturated heterocycles. The number of carbonyl (C=O) groups excluding carboxylic acids is 1. The van der Waals surface area contributed by atoms with Gasteiger partial charge in [-0.15, -0.1) is 0 Å². The van der Waals surface area contributed by atoms with E-state index in [2.05, 4.69) is 10.6 Å². The molecule has 18 heavy (non-hydrogen) atoms. The minimum Gasteiger partial charge on any atom is -0.480 e.